The highest BCUT2D eigenvalue weighted by atomic mass is 16.7. The lowest BCUT2D eigenvalue weighted by Gasteiger charge is -2.19. The van der Waals surface area contributed by atoms with Crippen LogP contribution >= 0.6 is 0 Å². The number of hydrogen-bond acceptors (Lipinski definition) is 7. The van der Waals surface area contributed by atoms with E-state index in [-0.39, 0.29) is 12.4 Å². The Morgan fingerprint density at radius 3 is 2.31 bits per heavy atom. The first-order chi connectivity index (χ1) is 17.4. The minimum absolute atomic E-state index is 0.0506. The van der Waals surface area contributed by atoms with Crippen molar-refractivity contribution in [2.45, 2.75) is 13.0 Å². The average Bonchev–Trinajstić information content (AvgIpc) is 3.31. The third kappa shape index (κ3) is 4.42. The number of rotatable bonds is 9. The summed E-state index contributed by atoms with van der Waals surface area (Å²) in [5.41, 5.74) is 0.831. The zero-order chi connectivity index (χ0) is 25.4. The Balaban J connectivity index is 1.74. The van der Waals surface area contributed by atoms with Gasteiger partial charge in [0.05, 0.1) is 24.6 Å². The number of methoxy groups -OCH3 is 1. The van der Waals surface area contributed by atoms with Crippen LogP contribution in [0.3, 0.4) is 0 Å². The fraction of sp³-hybridized carbons (Fsp3) is 0.393. The van der Waals surface area contributed by atoms with E-state index >= 15 is 0 Å². The zero-order valence-corrected chi connectivity index (χ0v) is 21.6. The predicted octanol–water partition coefficient (Wildman–Crippen LogP) is 3.94. The molecule has 1 aromatic heterocycles. The number of benzene rings is 3. The molecule has 0 spiro atoms. The predicted molar refractivity (Wildman–Crippen MR) is 143 cm³/mol. The third-order valence-electron chi connectivity index (χ3n) is 6.60. The third-order valence-corrected chi connectivity index (χ3v) is 6.60. The number of ether oxygens (including phenoxy) is 4. The minimum atomic E-state index is -0.0506. The highest BCUT2D eigenvalue weighted by Gasteiger charge is 2.20. The van der Waals surface area contributed by atoms with Crippen LogP contribution in [-0.4, -0.2) is 76.2 Å². The van der Waals surface area contributed by atoms with E-state index in [1.54, 1.807) is 7.11 Å². The van der Waals surface area contributed by atoms with E-state index in [0.29, 0.717) is 35.8 Å². The Hall–Kier alpha value is -3.49. The Kier molecular flexibility index (Phi) is 6.64. The van der Waals surface area contributed by atoms with E-state index in [4.69, 9.17) is 18.9 Å². The van der Waals surface area contributed by atoms with Crippen LogP contribution < -0.4 is 24.5 Å². The first kappa shape index (κ1) is 24.2. The summed E-state index contributed by atoms with van der Waals surface area (Å²) in [6.07, 6.45) is 0.876. The van der Waals surface area contributed by atoms with Crippen molar-refractivity contribution in [3.63, 3.8) is 0 Å². The molecule has 36 heavy (non-hydrogen) atoms. The highest BCUT2D eigenvalue weighted by molar-refractivity contribution is 6.16. The van der Waals surface area contributed by atoms with Gasteiger partial charge in [-0.15, -0.1) is 0 Å². The van der Waals surface area contributed by atoms with E-state index < -0.39 is 0 Å². The molecule has 0 bridgehead atoms. The molecule has 0 unspecified atom stereocenters. The fourth-order valence-electron chi connectivity index (χ4n) is 4.76. The van der Waals surface area contributed by atoms with Gasteiger partial charge in [-0.1, -0.05) is 12.1 Å². The maximum atomic E-state index is 14.0. The number of nitrogens with zero attached hydrogens (tertiary/aromatic N) is 3. The first-order valence-electron chi connectivity index (χ1n) is 12.2. The van der Waals surface area contributed by atoms with Crippen molar-refractivity contribution in [2.24, 2.45) is 0 Å². The Labute approximate surface area is 210 Å². The molecule has 3 aromatic carbocycles. The first-order valence-corrected chi connectivity index (χ1v) is 12.2. The molecule has 190 valence electrons. The number of hydrogen-bond donors (Lipinski definition) is 0. The quantitative estimate of drug-likeness (QED) is 0.260. The monoisotopic (exact) mass is 491 g/mol. The summed E-state index contributed by atoms with van der Waals surface area (Å²) in [6, 6.07) is 11.9. The molecule has 0 radical (unpaired) electrons. The van der Waals surface area contributed by atoms with Crippen LogP contribution in [0.4, 0.5) is 0 Å². The van der Waals surface area contributed by atoms with Gasteiger partial charge in [0.1, 0.15) is 0 Å². The molecular formula is C28H33N3O5. The van der Waals surface area contributed by atoms with Crippen molar-refractivity contribution in [3.8, 4) is 23.0 Å². The molecule has 1 aliphatic rings. The average molecular weight is 492 g/mol. The van der Waals surface area contributed by atoms with Gasteiger partial charge in [-0.2, -0.15) is 0 Å². The second-order valence-corrected chi connectivity index (χ2v) is 9.70. The van der Waals surface area contributed by atoms with Gasteiger partial charge in [0.2, 0.25) is 6.79 Å². The van der Waals surface area contributed by atoms with Crippen LogP contribution in [-0.2, 0) is 6.54 Å². The maximum Gasteiger partial charge on any atom is 0.259 e. The molecule has 0 amide bonds. The standard InChI is InChI=1S/C28H33N3O5/c1-29(2)9-6-12-34-25-16-22-21(15-23(25)33-5)19-8-7-18-13-24-26(36-17-35-24)14-20(18)27(19)31(28(22)32)11-10-30(3)4/h7-8,13-16H,6,9-12,17H2,1-5H3. The zero-order valence-electron chi connectivity index (χ0n) is 21.6. The lowest BCUT2D eigenvalue weighted by atomic mass is 9.99. The SMILES string of the molecule is COc1cc2c(cc1OCCCN(C)C)c(=O)n(CCN(C)C)c1c3cc4c(cc3ccc21)OCO4. The Bertz CT molecular complexity index is 1490. The molecule has 0 saturated heterocycles. The Morgan fingerprint density at radius 1 is 0.861 bits per heavy atom. The molecule has 0 N–H and O–H groups in total. The largest absolute Gasteiger partial charge is 0.493 e. The van der Waals surface area contributed by atoms with Gasteiger partial charge in [0.15, 0.2) is 23.0 Å². The lowest BCUT2D eigenvalue weighted by molar-refractivity contribution is 0.174. The molecule has 1 aliphatic heterocycles. The molecule has 0 fully saturated rings. The van der Waals surface area contributed by atoms with Gasteiger partial charge in [0, 0.05) is 35.8 Å². The van der Waals surface area contributed by atoms with Crippen LogP contribution in [0.2, 0.25) is 0 Å². The van der Waals surface area contributed by atoms with Crippen molar-refractivity contribution in [1.82, 2.24) is 14.4 Å². The van der Waals surface area contributed by atoms with Gasteiger partial charge < -0.3 is 33.3 Å². The summed E-state index contributed by atoms with van der Waals surface area (Å²) >= 11 is 0. The Morgan fingerprint density at radius 2 is 1.58 bits per heavy atom. The molecule has 8 heteroatoms. The summed E-state index contributed by atoms with van der Waals surface area (Å²) in [5.74, 6) is 2.62. The minimum Gasteiger partial charge on any atom is -0.493 e. The van der Waals surface area contributed by atoms with Crippen LogP contribution in [0, 0.1) is 0 Å². The smallest absolute Gasteiger partial charge is 0.259 e. The van der Waals surface area contributed by atoms with E-state index in [9.17, 15) is 4.79 Å². The summed E-state index contributed by atoms with van der Waals surface area (Å²) < 4.78 is 24.9. The van der Waals surface area contributed by atoms with Crippen LogP contribution in [0.1, 0.15) is 6.42 Å². The summed E-state index contributed by atoms with van der Waals surface area (Å²) in [7, 11) is 9.72. The van der Waals surface area contributed by atoms with Crippen molar-refractivity contribution < 1.29 is 18.9 Å². The second kappa shape index (κ2) is 9.87. The normalized spacial score (nSPS) is 13.0. The topological polar surface area (TPSA) is 65.4 Å². The van der Waals surface area contributed by atoms with Crippen molar-refractivity contribution in [2.75, 3.05) is 61.8 Å². The van der Waals surface area contributed by atoms with Gasteiger partial charge in [-0.05, 0) is 64.3 Å². The molecular weight excluding hydrogens is 458 g/mol. The molecule has 8 nitrogen and oxygen atoms in total. The molecule has 2 heterocycles. The number of aromatic nitrogens is 1. The van der Waals surface area contributed by atoms with Gasteiger partial charge in [-0.25, -0.2) is 0 Å². The summed E-state index contributed by atoms with van der Waals surface area (Å²) in [4.78, 5) is 18.2. The van der Waals surface area contributed by atoms with E-state index in [1.165, 1.54) is 0 Å². The van der Waals surface area contributed by atoms with Gasteiger partial charge in [-0.3, -0.25) is 4.79 Å². The molecule has 0 aliphatic carbocycles. The number of fused-ring (bicyclic) bond motifs is 6. The van der Waals surface area contributed by atoms with E-state index in [0.717, 1.165) is 52.3 Å². The fourth-order valence-corrected chi connectivity index (χ4v) is 4.76. The highest BCUT2D eigenvalue weighted by Crippen LogP contribution is 2.41. The molecule has 0 saturated carbocycles. The van der Waals surface area contributed by atoms with E-state index in [2.05, 4.69) is 21.9 Å². The number of likely N-dealkylation sites (N-methyl/N-ethyl adjacent to an activating group) is 1. The lowest BCUT2D eigenvalue weighted by Crippen LogP contribution is -2.27. The van der Waals surface area contributed by atoms with Gasteiger partial charge >= 0.3 is 0 Å². The van der Waals surface area contributed by atoms with Crippen molar-refractivity contribution in [1.29, 1.82) is 0 Å². The van der Waals surface area contributed by atoms with Crippen molar-refractivity contribution >= 4 is 32.4 Å². The van der Waals surface area contributed by atoms with Crippen LogP contribution in [0.25, 0.3) is 32.4 Å². The van der Waals surface area contributed by atoms with Crippen molar-refractivity contribution in [3.05, 3.63) is 46.8 Å². The van der Waals surface area contributed by atoms with Gasteiger partial charge in [0.25, 0.3) is 5.56 Å². The number of pyridine rings is 1. The molecule has 5 rings (SSSR count). The maximum absolute atomic E-state index is 14.0. The second-order valence-electron chi connectivity index (χ2n) is 9.70. The molecule has 4 aromatic rings. The summed E-state index contributed by atoms with van der Waals surface area (Å²) in [6.45, 7) is 2.94. The van der Waals surface area contributed by atoms with E-state index in [1.807, 2.05) is 57.0 Å². The van der Waals surface area contributed by atoms with Crippen LogP contribution in [0.15, 0.2) is 41.2 Å². The van der Waals surface area contributed by atoms with Crippen LogP contribution in [0.5, 0.6) is 23.0 Å². The summed E-state index contributed by atoms with van der Waals surface area (Å²) in [5, 5.41) is 4.39. The molecule has 0 atom stereocenters.